The Bertz CT molecular complexity index is 125. The molecule has 6 heteroatoms. The molecule has 0 bridgehead atoms. The van der Waals surface area contributed by atoms with Crippen molar-refractivity contribution in [2.75, 3.05) is 62.7 Å². The third-order valence-electron chi connectivity index (χ3n) is 1.80. The molecule has 104 valence electrons. The summed E-state index contributed by atoms with van der Waals surface area (Å²) < 4.78 is 10.7. The molecule has 0 saturated carbocycles. The van der Waals surface area contributed by atoms with Gasteiger partial charge in [0.25, 0.3) is 0 Å². The van der Waals surface area contributed by atoms with E-state index in [0.717, 1.165) is 42.6 Å². The van der Waals surface area contributed by atoms with Gasteiger partial charge in [-0.2, -0.15) is 23.5 Å². The highest BCUT2D eigenvalue weighted by Gasteiger charge is 1.92. The summed E-state index contributed by atoms with van der Waals surface area (Å²) in [6, 6.07) is 0. The Labute approximate surface area is 112 Å². The topological polar surface area (TPSA) is 58.9 Å². The highest BCUT2D eigenvalue weighted by molar-refractivity contribution is 7.99. The molecule has 0 saturated heterocycles. The zero-order chi connectivity index (χ0) is 12.6. The van der Waals surface area contributed by atoms with Crippen LogP contribution in [0.2, 0.25) is 0 Å². The highest BCUT2D eigenvalue weighted by atomic mass is 32.2. The molecule has 0 atom stereocenters. The fourth-order valence-electron chi connectivity index (χ4n) is 0.993. The van der Waals surface area contributed by atoms with Crippen molar-refractivity contribution in [3.8, 4) is 0 Å². The lowest BCUT2D eigenvalue weighted by atomic mass is 10.5. The minimum Gasteiger partial charge on any atom is -0.396 e. The normalized spacial score (nSPS) is 10.9. The second-order valence-corrected chi connectivity index (χ2v) is 5.70. The summed E-state index contributed by atoms with van der Waals surface area (Å²) in [5.41, 5.74) is 0. The second kappa shape index (κ2) is 16.5. The summed E-state index contributed by atoms with van der Waals surface area (Å²) in [5, 5.41) is 17.1. The Balaban J connectivity index is 2.85. The van der Waals surface area contributed by atoms with Crippen LogP contribution in [-0.4, -0.2) is 72.9 Å². The maximum absolute atomic E-state index is 8.57. The number of ether oxygens (including phenoxy) is 2. The fraction of sp³-hybridized carbons (Fsp3) is 1.00. The van der Waals surface area contributed by atoms with Crippen LogP contribution in [0.5, 0.6) is 0 Å². The van der Waals surface area contributed by atoms with E-state index >= 15 is 0 Å². The van der Waals surface area contributed by atoms with E-state index in [-0.39, 0.29) is 13.2 Å². The van der Waals surface area contributed by atoms with E-state index in [1.807, 2.05) is 0 Å². The minimum absolute atomic E-state index is 0.238. The first kappa shape index (κ1) is 17.5. The molecular formula is C11H24O4S2. The Hall–Kier alpha value is 0.540. The lowest BCUT2D eigenvalue weighted by Crippen LogP contribution is -2.08. The zero-order valence-corrected chi connectivity index (χ0v) is 11.9. The van der Waals surface area contributed by atoms with Gasteiger partial charge in [0.2, 0.25) is 0 Å². The van der Waals surface area contributed by atoms with Crippen molar-refractivity contribution in [2.45, 2.75) is 6.42 Å². The highest BCUT2D eigenvalue weighted by Crippen LogP contribution is 2.01. The Kier molecular flexibility index (Phi) is 17.1. The summed E-state index contributed by atoms with van der Waals surface area (Å²) >= 11 is 3.50. The number of rotatable bonds is 14. The van der Waals surface area contributed by atoms with E-state index in [9.17, 15) is 0 Å². The number of aliphatic hydroxyl groups excluding tert-OH is 2. The van der Waals surface area contributed by atoms with Crippen molar-refractivity contribution < 1.29 is 19.7 Å². The molecule has 17 heavy (non-hydrogen) atoms. The standard InChI is InChI=1S/C11H24O4S2/c12-2-1-8-16-10-6-14-4-5-15-7-11-17-9-3-13/h12-13H,1-11H2. The van der Waals surface area contributed by atoms with Gasteiger partial charge >= 0.3 is 0 Å². The molecule has 0 aromatic carbocycles. The third-order valence-corrected chi connectivity index (χ3v) is 3.76. The van der Waals surface area contributed by atoms with Crippen LogP contribution in [-0.2, 0) is 9.47 Å². The molecule has 4 nitrogen and oxygen atoms in total. The first-order chi connectivity index (χ1) is 8.41. The van der Waals surface area contributed by atoms with Crippen LogP contribution < -0.4 is 0 Å². The number of hydrogen-bond donors (Lipinski definition) is 2. The summed E-state index contributed by atoms with van der Waals surface area (Å²) in [6.45, 7) is 3.27. The van der Waals surface area contributed by atoms with Gasteiger partial charge in [0.1, 0.15) is 0 Å². The first-order valence-electron chi connectivity index (χ1n) is 5.94. The van der Waals surface area contributed by atoms with Crippen LogP contribution in [0, 0.1) is 0 Å². The van der Waals surface area contributed by atoms with Crippen LogP contribution >= 0.6 is 23.5 Å². The quantitative estimate of drug-likeness (QED) is 0.461. The van der Waals surface area contributed by atoms with Gasteiger partial charge in [-0.3, -0.25) is 0 Å². The number of thioether (sulfide) groups is 2. The van der Waals surface area contributed by atoms with Gasteiger partial charge in [0.15, 0.2) is 0 Å². The average Bonchev–Trinajstić information content (AvgIpc) is 2.35. The van der Waals surface area contributed by atoms with Gasteiger partial charge in [-0.25, -0.2) is 0 Å². The van der Waals surface area contributed by atoms with Gasteiger partial charge < -0.3 is 19.7 Å². The Morgan fingerprint density at radius 3 is 1.76 bits per heavy atom. The van der Waals surface area contributed by atoms with Crippen LogP contribution in [0.1, 0.15) is 6.42 Å². The lowest BCUT2D eigenvalue weighted by molar-refractivity contribution is 0.0605. The Morgan fingerprint density at radius 2 is 1.24 bits per heavy atom. The van der Waals surface area contributed by atoms with Gasteiger partial charge in [-0.15, -0.1) is 0 Å². The van der Waals surface area contributed by atoms with Crippen molar-refractivity contribution in [3.63, 3.8) is 0 Å². The van der Waals surface area contributed by atoms with Gasteiger partial charge in [-0.1, -0.05) is 0 Å². The van der Waals surface area contributed by atoms with Crippen molar-refractivity contribution >= 4 is 23.5 Å². The number of aliphatic hydroxyl groups is 2. The molecule has 0 rings (SSSR count). The molecule has 0 aliphatic rings. The maximum atomic E-state index is 8.57. The molecule has 0 unspecified atom stereocenters. The minimum atomic E-state index is 0.238. The second-order valence-electron chi connectivity index (χ2n) is 3.25. The van der Waals surface area contributed by atoms with Crippen molar-refractivity contribution in [3.05, 3.63) is 0 Å². The molecule has 0 aromatic rings. The monoisotopic (exact) mass is 284 g/mol. The molecule has 0 fully saturated rings. The lowest BCUT2D eigenvalue weighted by Gasteiger charge is -2.05. The van der Waals surface area contributed by atoms with E-state index in [1.165, 1.54) is 0 Å². The molecule has 0 aromatic heterocycles. The fourth-order valence-corrected chi connectivity index (χ4v) is 2.33. The van der Waals surface area contributed by atoms with Crippen molar-refractivity contribution in [1.29, 1.82) is 0 Å². The summed E-state index contributed by atoms with van der Waals surface area (Å²) in [6.07, 6.45) is 0.860. The molecule has 0 spiro atoms. The SMILES string of the molecule is OCCCSCCOCCOCCSCCO. The zero-order valence-electron chi connectivity index (χ0n) is 10.3. The van der Waals surface area contributed by atoms with E-state index < -0.39 is 0 Å². The van der Waals surface area contributed by atoms with Gasteiger partial charge in [-0.05, 0) is 12.2 Å². The van der Waals surface area contributed by atoms with E-state index in [4.69, 9.17) is 19.7 Å². The van der Waals surface area contributed by atoms with Crippen molar-refractivity contribution in [2.24, 2.45) is 0 Å². The smallest absolute Gasteiger partial charge is 0.0700 e. The average molecular weight is 284 g/mol. The number of hydrogen-bond acceptors (Lipinski definition) is 6. The molecule has 0 amide bonds. The predicted octanol–water partition coefficient (Wildman–Crippen LogP) is 0.861. The molecular weight excluding hydrogens is 260 g/mol. The predicted molar refractivity (Wildman–Crippen MR) is 75.1 cm³/mol. The molecule has 2 N–H and O–H groups in total. The largest absolute Gasteiger partial charge is 0.396 e. The summed E-state index contributed by atoms with van der Waals surface area (Å²) in [7, 11) is 0. The third kappa shape index (κ3) is 16.5. The van der Waals surface area contributed by atoms with Crippen LogP contribution in [0.3, 0.4) is 0 Å². The van der Waals surface area contributed by atoms with E-state index in [2.05, 4.69) is 0 Å². The molecule has 0 aliphatic heterocycles. The van der Waals surface area contributed by atoms with Crippen LogP contribution in [0.4, 0.5) is 0 Å². The van der Waals surface area contributed by atoms with Gasteiger partial charge in [0, 0.05) is 23.9 Å². The summed E-state index contributed by atoms with van der Waals surface area (Å²) in [4.78, 5) is 0. The van der Waals surface area contributed by atoms with Crippen molar-refractivity contribution in [1.82, 2.24) is 0 Å². The van der Waals surface area contributed by atoms with E-state index in [0.29, 0.717) is 13.2 Å². The molecule has 0 aliphatic carbocycles. The van der Waals surface area contributed by atoms with Crippen LogP contribution in [0.15, 0.2) is 0 Å². The molecule has 0 heterocycles. The Morgan fingerprint density at radius 1 is 0.647 bits per heavy atom. The van der Waals surface area contributed by atoms with Crippen LogP contribution in [0.25, 0.3) is 0 Å². The van der Waals surface area contributed by atoms with Gasteiger partial charge in [0.05, 0.1) is 33.0 Å². The van der Waals surface area contributed by atoms with E-state index in [1.54, 1.807) is 23.5 Å². The maximum Gasteiger partial charge on any atom is 0.0700 e. The first-order valence-corrected chi connectivity index (χ1v) is 8.25. The molecule has 0 radical (unpaired) electrons. The summed E-state index contributed by atoms with van der Waals surface area (Å²) in [5.74, 6) is 3.69.